The van der Waals surface area contributed by atoms with E-state index in [0.29, 0.717) is 42.3 Å². The Morgan fingerprint density at radius 1 is 1.17 bits per heavy atom. The number of carbonyl (C=O) groups excluding carboxylic acids is 1. The van der Waals surface area contributed by atoms with Crippen molar-refractivity contribution >= 4 is 40.5 Å². The molecule has 1 aromatic heterocycles. The summed E-state index contributed by atoms with van der Waals surface area (Å²) in [6, 6.07) is 14.1. The molecule has 0 radical (unpaired) electrons. The van der Waals surface area contributed by atoms with Crippen LogP contribution < -0.4 is 25.0 Å². The summed E-state index contributed by atoms with van der Waals surface area (Å²) < 4.78 is 29.9. The topological polar surface area (TPSA) is 144 Å². The van der Waals surface area contributed by atoms with Crippen molar-refractivity contribution in [2.45, 2.75) is 45.0 Å². The van der Waals surface area contributed by atoms with Gasteiger partial charge in [0.05, 0.1) is 37.2 Å². The predicted molar refractivity (Wildman–Crippen MR) is 166 cm³/mol. The van der Waals surface area contributed by atoms with Crippen LogP contribution in [-0.2, 0) is 13.1 Å². The largest absolute Gasteiger partial charge is 0.497 e. The molecule has 1 amide bonds. The second-order valence-electron chi connectivity index (χ2n) is 9.80. The van der Waals surface area contributed by atoms with Crippen LogP contribution >= 0.6 is 23.2 Å². The van der Waals surface area contributed by atoms with Crippen molar-refractivity contribution in [3.8, 4) is 5.75 Å². The smallest absolute Gasteiger partial charge is 0.251 e. The minimum absolute atomic E-state index is 0. The summed E-state index contributed by atoms with van der Waals surface area (Å²) in [4.78, 5) is 13.6. The molecule has 0 spiro atoms. The molecule has 2 atom stereocenters. The van der Waals surface area contributed by atoms with E-state index in [1.54, 1.807) is 46.7 Å². The molecule has 2 heterocycles. The van der Waals surface area contributed by atoms with Crippen LogP contribution in [0.1, 0.15) is 35.7 Å². The van der Waals surface area contributed by atoms with Gasteiger partial charge in [0.25, 0.3) is 5.91 Å². The molecule has 1 saturated heterocycles. The number of rotatable bonds is 13. The lowest BCUT2D eigenvalue weighted by molar-refractivity contribution is 0.0800. The van der Waals surface area contributed by atoms with E-state index in [4.69, 9.17) is 4.74 Å². The Morgan fingerprint density at radius 3 is 2.71 bits per heavy atom. The molecule has 1 fully saturated rings. The number of anilines is 2. The van der Waals surface area contributed by atoms with Gasteiger partial charge >= 0.3 is 0 Å². The van der Waals surface area contributed by atoms with Gasteiger partial charge in [0.15, 0.2) is 0 Å². The zero-order valence-electron chi connectivity index (χ0n) is 23.4. The Morgan fingerprint density at radius 2 is 2.00 bits per heavy atom. The van der Waals surface area contributed by atoms with Crippen LogP contribution in [0, 0.1) is 0 Å². The number of benzene rings is 2. The van der Waals surface area contributed by atoms with Gasteiger partial charge in [-0.3, -0.25) is 22.9 Å². The van der Waals surface area contributed by atoms with Crippen LogP contribution in [0.4, 0.5) is 11.4 Å². The van der Waals surface area contributed by atoms with Gasteiger partial charge < -0.3 is 25.8 Å². The van der Waals surface area contributed by atoms with Crippen molar-refractivity contribution in [1.29, 1.82) is 0 Å². The third-order valence-electron chi connectivity index (χ3n) is 6.77. The van der Waals surface area contributed by atoms with E-state index in [1.165, 1.54) is 0 Å². The molecular weight excluding hydrogens is 568 g/mol. The van der Waals surface area contributed by atoms with E-state index in [2.05, 4.69) is 21.0 Å². The standard InChI is InChI=1S/C28H40N6O5S.ClH/c1-3-30-23-15-22(16-24(17-23)34-12-4-5-13-40(34,37)38)28(36)32-26(20-33-11-7-10-31-33)27(35)19-29-18-21-8-6-9-25(14-21)39-2;/h6-11,14-17,26-27,29-30,35,37-38H,3-5,12-13,18-20H2,1-2H3,(H,32,36);1H/t26-,27+;/m0./s1. The summed E-state index contributed by atoms with van der Waals surface area (Å²) in [5.41, 5.74) is 2.65. The van der Waals surface area contributed by atoms with Gasteiger partial charge in [-0.05, 0) is 61.7 Å². The Balaban J connectivity index is 0.00000462. The van der Waals surface area contributed by atoms with Crippen molar-refractivity contribution in [2.24, 2.45) is 0 Å². The van der Waals surface area contributed by atoms with Crippen LogP contribution in [0.3, 0.4) is 0 Å². The molecule has 0 bridgehead atoms. The number of hydrogen-bond acceptors (Lipinski definition) is 9. The van der Waals surface area contributed by atoms with Crippen molar-refractivity contribution in [3.05, 3.63) is 72.1 Å². The first-order valence-corrected chi connectivity index (χ1v) is 15.2. The maximum Gasteiger partial charge on any atom is 0.251 e. The number of aliphatic hydroxyl groups is 1. The summed E-state index contributed by atoms with van der Waals surface area (Å²) >= 11 is 0. The third-order valence-corrected chi connectivity index (χ3v) is 8.71. The van der Waals surface area contributed by atoms with Crippen LogP contribution in [-0.4, -0.2) is 74.5 Å². The van der Waals surface area contributed by atoms with Crippen molar-refractivity contribution < 1.29 is 23.7 Å². The summed E-state index contributed by atoms with van der Waals surface area (Å²) in [5.74, 6) is 0.688. The molecule has 0 aliphatic carbocycles. The molecule has 0 unspecified atom stereocenters. The monoisotopic (exact) mass is 608 g/mol. The molecule has 41 heavy (non-hydrogen) atoms. The number of nitrogens with zero attached hydrogens (tertiary/aromatic N) is 3. The second-order valence-corrected chi connectivity index (χ2v) is 11.9. The molecule has 4 rings (SSSR count). The second kappa shape index (κ2) is 15.3. The SMILES string of the molecule is CCNc1cc(C(=O)N[C@@H](Cn2cccn2)[C@H](O)CNCc2cccc(OC)c2)cc(N2CCCCS2(O)O)c1.Cl. The number of halogens is 1. The fourth-order valence-electron chi connectivity index (χ4n) is 4.71. The van der Waals surface area contributed by atoms with E-state index in [9.17, 15) is 19.0 Å². The van der Waals surface area contributed by atoms with Gasteiger partial charge in [0, 0.05) is 49.8 Å². The highest BCUT2D eigenvalue weighted by molar-refractivity contribution is 8.25. The van der Waals surface area contributed by atoms with Gasteiger partial charge in [-0.1, -0.05) is 12.1 Å². The van der Waals surface area contributed by atoms with E-state index < -0.39 is 22.9 Å². The number of methoxy groups -OCH3 is 1. The van der Waals surface area contributed by atoms with Crippen molar-refractivity contribution in [1.82, 2.24) is 20.4 Å². The summed E-state index contributed by atoms with van der Waals surface area (Å²) in [6.07, 6.45) is 4.10. The molecule has 0 saturated carbocycles. The number of ether oxygens (including phenoxy) is 1. The maximum atomic E-state index is 13.6. The average molecular weight is 609 g/mol. The first-order valence-electron chi connectivity index (χ1n) is 13.5. The number of amides is 1. The van der Waals surface area contributed by atoms with Crippen molar-refractivity contribution in [2.75, 3.05) is 42.1 Å². The molecule has 1 aliphatic heterocycles. The van der Waals surface area contributed by atoms with Crippen LogP contribution in [0.2, 0.25) is 0 Å². The lowest BCUT2D eigenvalue weighted by Gasteiger charge is -2.47. The summed E-state index contributed by atoms with van der Waals surface area (Å²) in [6.45, 7) is 4.12. The first kappa shape index (κ1) is 32.5. The maximum absolute atomic E-state index is 13.6. The molecule has 11 nitrogen and oxygen atoms in total. The molecular formula is C28H41ClN6O5S. The Hall–Kier alpha value is -3.00. The van der Waals surface area contributed by atoms with Gasteiger partial charge in [0.2, 0.25) is 0 Å². The number of aliphatic hydroxyl groups excluding tert-OH is 1. The van der Waals surface area contributed by atoms with Gasteiger partial charge in [-0.15, -0.1) is 23.2 Å². The van der Waals surface area contributed by atoms with Gasteiger partial charge in [-0.2, -0.15) is 5.10 Å². The van der Waals surface area contributed by atoms with Crippen molar-refractivity contribution in [3.63, 3.8) is 0 Å². The third kappa shape index (κ3) is 8.99. The van der Waals surface area contributed by atoms with E-state index in [1.807, 2.05) is 37.3 Å². The Kier molecular flexibility index (Phi) is 12.1. The molecule has 1 aliphatic rings. The first-order chi connectivity index (χ1) is 19.3. The molecule has 226 valence electrons. The fourth-order valence-corrected chi connectivity index (χ4v) is 6.39. The number of carbonyl (C=O) groups is 1. The van der Waals surface area contributed by atoms with Crippen LogP contribution in [0.5, 0.6) is 5.75 Å². The average Bonchev–Trinajstić information content (AvgIpc) is 3.45. The molecule has 6 N–H and O–H groups in total. The highest BCUT2D eigenvalue weighted by Gasteiger charge is 2.28. The fraction of sp³-hybridized carbons (Fsp3) is 0.429. The Labute approximate surface area is 249 Å². The van der Waals surface area contributed by atoms with E-state index in [-0.39, 0.29) is 31.4 Å². The zero-order valence-corrected chi connectivity index (χ0v) is 25.0. The summed E-state index contributed by atoms with van der Waals surface area (Å²) in [7, 11) is -1.33. The lowest BCUT2D eigenvalue weighted by Crippen LogP contribution is -2.49. The molecule has 3 aromatic rings. The normalized spacial score (nSPS) is 16.7. The molecule has 2 aromatic carbocycles. The lowest BCUT2D eigenvalue weighted by atomic mass is 10.1. The number of aromatic nitrogens is 2. The van der Waals surface area contributed by atoms with E-state index in [0.717, 1.165) is 24.2 Å². The number of hydrogen-bond donors (Lipinski definition) is 6. The minimum atomic E-state index is -2.95. The van der Waals surface area contributed by atoms with Crippen LogP contribution in [0.15, 0.2) is 60.9 Å². The Bertz CT molecular complexity index is 1250. The van der Waals surface area contributed by atoms with E-state index >= 15 is 0 Å². The highest BCUT2D eigenvalue weighted by Crippen LogP contribution is 2.50. The number of nitrogens with one attached hydrogen (secondary N) is 3. The highest BCUT2D eigenvalue weighted by atomic mass is 35.5. The quantitative estimate of drug-likeness (QED) is 0.170. The zero-order chi connectivity index (χ0) is 28.5. The minimum Gasteiger partial charge on any atom is -0.497 e. The predicted octanol–water partition coefficient (Wildman–Crippen LogP) is 3.96. The van der Waals surface area contributed by atoms with Gasteiger partial charge in [0.1, 0.15) is 5.75 Å². The summed E-state index contributed by atoms with van der Waals surface area (Å²) in [5, 5.41) is 24.8. The van der Waals surface area contributed by atoms with Crippen LogP contribution in [0.25, 0.3) is 0 Å². The van der Waals surface area contributed by atoms with Gasteiger partial charge in [-0.25, -0.2) is 0 Å². The molecule has 13 heteroatoms.